The fourth-order valence-corrected chi connectivity index (χ4v) is 4.14. The summed E-state index contributed by atoms with van der Waals surface area (Å²) in [6.45, 7) is 8.98. The highest BCUT2D eigenvalue weighted by Crippen LogP contribution is 2.24. The molecule has 1 aromatic rings. The van der Waals surface area contributed by atoms with Crippen LogP contribution in [0.2, 0.25) is 0 Å². The van der Waals surface area contributed by atoms with Gasteiger partial charge in [0.2, 0.25) is 0 Å². The van der Waals surface area contributed by atoms with Crippen molar-refractivity contribution in [2.45, 2.75) is 64.9 Å². The lowest BCUT2D eigenvalue weighted by Crippen LogP contribution is -2.41. The summed E-state index contributed by atoms with van der Waals surface area (Å²) in [5.74, 6) is 0.248. The minimum Gasteiger partial charge on any atom is -0.493 e. The van der Waals surface area contributed by atoms with Crippen LogP contribution in [0, 0.1) is 11.7 Å². The van der Waals surface area contributed by atoms with E-state index in [-0.39, 0.29) is 17.6 Å². The first-order chi connectivity index (χ1) is 14.7. The summed E-state index contributed by atoms with van der Waals surface area (Å²) in [5.41, 5.74) is -0.351. The highest BCUT2D eigenvalue weighted by molar-refractivity contribution is 5.94. The highest BCUT2D eigenvalue weighted by atomic mass is 19.1. The van der Waals surface area contributed by atoms with Gasteiger partial charge in [0.05, 0.1) is 12.2 Å². The molecule has 1 aromatic carbocycles. The van der Waals surface area contributed by atoms with Crippen molar-refractivity contribution in [1.29, 1.82) is 0 Å². The van der Waals surface area contributed by atoms with E-state index in [9.17, 15) is 14.0 Å². The Hall–Kier alpha value is -2.31. The Kier molecular flexibility index (Phi) is 7.79. The molecule has 0 aliphatic carbocycles. The molecule has 7 heteroatoms. The molecule has 0 saturated carbocycles. The van der Waals surface area contributed by atoms with Crippen LogP contribution in [0.4, 0.5) is 9.18 Å². The summed E-state index contributed by atoms with van der Waals surface area (Å²) in [5, 5.41) is 0. The second-order valence-corrected chi connectivity index (χ2v) is 9.54. The maximum atomic E-state index is 14.4. The third-order valence-corrected chi connectivity index (χ3v) is 5.86. The summed E-state index contributed by atoms with van der Waals surface area (Å²) in [4.78, 5) is 28.0. The van der Waals surface area contributed by atoms with E-state index in [1.807, 2.05) is 20.8 Å². The molecule has 0 aromatic heterocycles. The van der Waals surface area contributed by atoms with E-state index >= 15 is 0 Å². The summed E-state index contributed by atoms with van der Waals surface area (Å²) >= 11 is 0. The molecule has 2 saturated heterocycles. The van der Waals surface area contributed by atoms with Crippen LogP contribution in [0.25, 0.3) is 0 Å². The van der Waals surface area contributed by atoms with Crippen molar-refractivity contribution in [1.82, 2.24) is 9.80 Å². The normalized spacial score (nSPS) is 17.7. The van der Waals surface area contributed by atoms with Gasteiger partial charge in [-0.15, -0.1) is 0 Å². The maximum absolute atomic E-state index is 14.4. The molecule has 0 spiro atoms. The molecule has 0 N–H and O–H groups in total. The Labute approximate surface area is 184 Å². The Balaban J connectivity index is 1.36. The van der Waals surface area contributed by atoms with Crippen LogP contribution >= 0.6 is 0 Å². The molecular formula is C24H35FN2O4. The molecular weight excluding hydrogens is 399 g/mol. The monoisotopic (exact) mass is 434 g/mol. The highest BCUT2D eigenvalue weighted by Gasteiger charge is 2.27. The van der Waals surface area contributed by atoms with Gasteiger partial charge in [-0.3, -0.25) is 4.79 Å². The van der Waals surface area contributed by atoms with Gasteiger partial charge in [-0.2, -0.15) is 0 Å². The average molecular weight is 435 g/mol. The van der Waals surface area contributed by atoms with Crippen LogP contribution in [0.3, 0.4) is 0 Å². The first kappa shape index (κ1) is 23.4. The summed E-state index contributed by atoms with van der Waals surface area (Å²) in [7, 11) is 0. The number of amides is 2. The number of benzene rings is 1. The van der Waals surface area contributed by atoms with Crippen molar-refractivity contribution < 1.29 is 23.5 Å². The lowest BCUT2D eigenvalue weighted by molar-refractivity contribution is 0.0179. The third kappa shape index (κ3) is 6.84. The van der Waals surface area contributed by atoms with Crippen LogP contribution in [-0.2, 0) is 4.74 Å². The zero-order chi connectivity index (χ0) is 22.4. The van der Waals surface area contributed by atoms with E-state index in [1.54, 1.807) is 15.9 Å². The van der Waals surface area contributed by atoms with Crippen molar-refractivity contribution in [2.75, 3.05) is 32.8 Å². The minimum absolute atomic E-state index is 0.117. The number of halogens is 1. The van der Waals surface area contributed by atoms with Crippen LogP contribution in [0.15, 0.2) is 18.2 Å². The van der Waals surface area contributed by atoms with Gasteiger partial charge in [0.15, 0.2) is 0 Å². The molecule has 31 heavy (non-hydrogen) atoms. The number of piperidine rings is 1. The Bertz CT molecular complexity index is 763. The summed E-state index contributed by atoms with van der Waals surface area (Å²) in [6.07, 6.45) is 5.53. The first-order valence-electron chi connectivity index (χ1n) is 11.4. The van der Waals surface area contributed by atoms with E-state index < -0.39 is 11.4 Å². The number of hydrogen-bond acceptors (Lipinski definition) is 4. The van der Waals surface area contributed by atoms with Crippen LogP contribution in [-0.4, -0.2) is 60.2 Å². The molecule has 2 heterocycles. The van der Waals surface area contributed by atoms with Crippen molar-refractivity contribution in [3.8, 4) is 5.75 Å². The minimum atomic E-state index is -0.524. The predicted octanol–water partition coefficient (Wildman–Crippen LogP) is 4.87. The second-order valence-electron chi connectivity index (χ2n) is 9.54. The van der Waals surface area contributed by atoms with Crippen molar-refractivity contribution in [2.24, 2.45) is 5.92 Å². The van der Waals surface area contributed by atoms with Gasteiger partial charge in [0.25, 0.3) is 5.91 Å². The molecule has 2 fully saturated rings. The molecule has 2 aliphatic rings. The Morgan fingerprint density at radius 1 is 1.06 bits per heavy atom. The second kappa shape index (κ2) is 10.3. The van der Waals surface area contributed by atoms with Gasteiger partial charge in [0, 0.05) is 32.2 Å². The largest absolute Gasteiger partial charge is 0.493 e. The fourth-order valence-electron chi connectivity index (χ4n) is 4.14. The zero-order valence-corrected chi connectivity index (χ0v) is 19.0. The SMILES string of the molecule is CC(C)(C)OC(=O)N1CCC(CCCOc2ccc(C(=O)N3CCCC3)c(F)c2)CC1. The van der Waals surface area contributed by atoms with Crippen molar-refractivity contribution in [3.63, 3.8) is 0 Å². The number of carbonyl (C=O) groups is 2. The van der Waals surface area contributed by atoms with Gasteiger partial charge in [-0.1, -0.05) is 0 Å². The van der Waals surface area contributed by atoms with E-state index in [4.69, 9.17) is 9.47 Å². The maximum Gasteiger partial charge on any atom is 0.410 e. The van der Waals surface area contributed by atoms with Gasteiger partial charge >= 0.3 is 6.09 Å². The first-order valence-corrected chi connectivity index (χ1v) is 11.4. The van der Waals surface area contributed by atoms with E-state index in [1.165, 1.54) is 12.1 Å². The molecule has 0 radical (unpaired) electrons. The number of hydrogen-bond donors (Lipinski definition) is 0. The molecule has 0 atom stereocenters. The third-order valence-electron chi connectivity index (χ3n) is 5.86. The summed E-state index contributed by atoms with van der Waals surface area (Å²) < 4.78 is 25.5. The Morgan fingerprint density at radius 3 is 2.35 bits per heavy atom. The number of rotatable bonds is 6. The molecule has 3 rings (SSSR count). The van der Waals surface area contributed by atoms with Gasteiger partial charge in [-0.25, -0.2) is 9.18 Å². The van der Waals surface area contributed by atoms with Gasteiger partial charge < -0.3 is 19.3 Å². The molecule has 2 aliphatic heterocycles. The summed E-state index contributed by atoms with van der Waals surface area (Å²) in [6, 6.07) is 4.51. The number of ether oxygens (including phenoxy) is 2. The van der Waals surface area contributed by atoms with Crippen molar-refractivity contribution in [3.05, 3.63) is 29.6 Å². The molecule has 172 valence electrons. The van der Waals surface area contributed by atoms with Crippen molar-refractivity contribution >= 4 is 12.0 Å². The quantitative estimate of drug-likeness (QED) is 0.600. The predicted molar refractivity (Wildman–Crippen MR) is 117 cm³/mol. The molecule has 6 nitrogen and oxygen atoms in total. The zero-order valence-electron chi connectivity index (χ0n) is 19.0. The molecule has 2 amide bonds. The number of nitrogens with zero attached hydrogens (tertiary/aromatic N) is 2. The van der Waals surface area contributed by atoms with E-state index in [0.717, 1.165) is 51.6 Å². The number of carbonyl (C=O) groups excluding carboxylic acids is 2. The standard InChI is InChI=1S/C24H35FN2O4/c1-24(2,3)31-23(29)27-14-10-18(11-15-27)7-6-16-30-19-8-9-20(21(25)17-19)22(28)26-12-4-5-13-26/h8-9,17-18H,4-7,10-16H2,1-3H3. The Morgan fingerprint density at radius 2 is 1.74 bits per heavy atom. The van der Waals surface area contributed by atoms with Crippen LogP contribution in [0.5, 0.6) is 5.75 Å². The lowest BCUT2D eigenvalue weighted by atomic mass is 9.92. The average Bonchev–Trinajstić information content (AvgIpc) is 3.25. The topological polar surface area (TPSA) is 59.1 Å². The van der Waals surface area contributed by atoms with Crippen LogP contribution < -0.4 is 4.74 Å². The lowest BCUT2D eigenvalue weighted by Gasteiger charge is -2.33. The molecule has 0 bridgehead atoms. The smallest absolute Gasteiger partial charge is 0.410 e. The van der Waals surface area contributed by atoms with E-state index in [2.05, 4.69) is 0 Å². The molecule has 0 unspecified atom stereocenters. The van der Waals surface area contributed by atoms with E-state index in [0.29, 0.717) is 31.4 Å². The van der Waals surface area contributed by atoms with Crippen LogP contribution in [0.1, 0.15) is 69.7 Å². The number of likely N-dealkylation sites (tertiary alicyclic amines) is 2. The van der Waals surface area contributed by atoms with Gasteiger partial charge in [-0.05, 0) is 77.3 Å². The van der Waals surface area contributed by atoms with Gasteiger partial charge in [0.1, 0.15) is 17.2 Å². The fraction of sp³-hybridized carbons (Fsp3) is 0.667.